The molecule has 0 aliphatic heterocycles. The third kappa shape index (κ3) is 4.12. The zero-order valence-electron chi connectivity index (χ0n) is 19.0. The molecule has 180 valence electrons. The lowest BCUT2D eigenvalue weighted by molar-refractivity contribution is -0.385. The van der Waals surface area contributed by atoms with Gasteiger partial charge >= 0.3 is 0 Å². The van der Waals surface area contributed by atoms with Crippen molar-refractivity contribution in [2.45, 2.75) is 75.3 Å². The molecule has 0 aromatic heterocycles. The van der Waals surface area contributed by atoms with Crippen molar-refractivity contribution in [1.29, 1.82) is 0 Å². The van der Waals surface area contributed by atoms with E-state index < -0.39 is 37.3 Å². The number of nitrogens with two attached hydrogens (primary N) is 1. The average molecular weight is 479 g/mol. The number of benzene rings is 1. The molecule has 1 aromatic carbocycles. The number of nitrogens with one attached hydrogen (secondary N) is 2. The van der Waals surface area contributed by atoms with Crippen LogP contribution in [-0.2, 0) is 19.6 Å². The van der Waals surface area contributed by atoms with Gasteiger partial charge in [-0.25, -0.2) is 8.42 Å². The number of amides is 2. The van der Waals surface area contributed by atoms with E-state index in [0.29, 0.717) is 23.8 Å². The SMILES string of the molecule is Cc1ccc(S(=O)(=O)NC(C)(C)C(=O)NC23CC4CC(C2)CC(C(N)=O)(C4)C3)cc1[N+](=O)[O-]. The van der Waals surface area contributed by atoms with Crippen LogP contribution in [0, 0.1) is 34.3 Å². The molecule has 5 rings (SSSR count). The highest BCUT2D eigenvalue weighted by Crippen LogP contribution is 2.61. The summed E-state index contributed by atoms with van der Waals surface area (Å²) in [6.45, 7) is 4.42. The summed E-state index contributed by atoms with van der Waals surface area (Å²) in [7, 11) is -4.22. The molecule has 0 heterocycles. The highest BCUT2D eigenvalue weighted by Gasteiger charge is 2.61. The van der Waals surface area contributed by atoms with Crippen LogP contribution in [0.25, 0.3) is 0 Å². The Bertz CT molecular complexity index is 1130. The predicted molar refractivity (Wildman–Crippen MR) is 119 cm³/mol. The van der Waals surface area contributed by atoms with Gasteiger partial charge in [0.2, 0.25) is 21.8 Å². The van der Waals surface area contributed by atoms with Crippen molar-refractivity contribution in [3.8, 4) is 0 Å². The second-order valence-corrected chi connectivity index (χ2v) is 12.5. The normalized spacial score (nSPS) is 30.8. The second-order valence-electron chi connectivity index (χ2n) is 10.8. The number of carbonyl (C=O) groups is 2. The summed E-state index contributed by atoms with van der Waals surface area (Å²) in [5.74, 6) is -0.204. The molecule has 4 N–H and O–H groups in total. The van der Waals surface area contributed by atoms with Crippen LogP contribution >= 0.6 is 0 Å². The Kier molecular flexibility index (Phi) is 5.36. The van der Waals surface area contributed by atoms with Gasteiger partial charge in [-0.05, 0) is 77.2 Å². The van der Waals surface area contributed by atoms with Crippen molar-refractivity contribution in [2.24, 2.45) is 23.0 Å². The molecule has 0 spiro atoms. The third-order valence-electron chi connectivity index (χ3n) is 7.61. The fourth-order valence-corrected chi connectivity index (χ4v) is 7.88. The van der Waals surface area contributed by atoms with E-state index in [1.807, 2.05) is 0 Å². The summed E-state index contributed by atoms with van der Waals surface area (Å²) in [6.07, 6.45) is 4.49. The molecule has 10 nitrogen and oxygen atoms in total. The van der Waals surface area contributed by atoms with Crippen LogP contribution in [0.5, 0.6) is 0 Å². The topological polar surface area (TPSA) is 162 Å². The maximum Gasteiger partial charge on any atom is 0.273 e. The molecule has 0 radical (unpaired) electrons. The number of nitro groups is 1. The Balaban J connectivity index is 1.55. The molecule has 2 unspecified atom stereocenters. The van der Waals surface area contributed by atoms with Gasteiger partial charge in [0.25, 0.3) is 5.69 Å². The van der Waals surface area contributed by atoms with E-state index in [-0.39, 0.29) is 16.5 Å². The molecule has 33 heavy (non-hydrogen) atoms. The Hall–Kier alpha value is -2.53. The van der Waals surface area contributed by atoms with Crippen LogP contribution in [0.4, 0.5) is 5.69 Å². The molecule has 4 aliphatic rings. The quantitative estimate of drug-likeness (QED) is 0.400. The summed E-state index contributed by atoms with van der Waals surface area (Å²) in [4.78, 5) is 35.9. The first-order valence-electron chi connectivity index (χ1n) is 11.1. The lowest BCUT2D eigenvalue weighted by atomic mass is 9.46. The number of aryl methyl sites for hydroxylation is 1. The van der Waals surface area contributed by atoms with E-state index in [2.05, 4.69) is 10.0 Å². The smallest absolute Gasteiger partial charge is 0.273 e. The van der Waals surface area contributed by atoms with Crippen molar-refractivity contribution >= 4 is 27.5 Å². The molecule has 11 heteroatoms. The molecule has 4 fully saturated rings. The maximum atomic E-state index is 13.3. The Morgan fingerprint density at radius 1 is 1.18 bits per heavy atom. The first-order chi connectivity index (χ1) is 15.2. The maximum absolute atomic E-state index is 13.3. The summed E-state index contributed by atoms with van der Waals surface area (Å²) in [5.41, 5.74) is 3.07. The number of carbonyl (C=O) groups excluding carboxylic acids is 2. The first kappa shape index (κ1) is 23.6. The zero-order valence-corrected chi connectivity index (χ0v) is 19.8. The second kappa shape index (κ2) is 7.49. The number of sulfonamides is 1. The molecule has 2 amide bonds. The Morgan fingerprint density at radius 2 is 1.79 bits per heavy atom. The number of nitro benzene ring substituents is 1. The zero-order chi connectivity index (χ0) is 24.4. The molecular formula is C22H30N4O6S. The van der Waals surface area contributed by atoms with Crippen molar-refractivity contribution in [3.05, 3.63) is 33.9 Å². The summed E-state index contributed by atoms with van der Waals surface area (Å²) in [6, 6.07) is 3.62. The van der Waals surface area contributed by atoms with Crippen LogP contribution in [0.15, 0.2) is 23.1 Å². The van der Waals surface area contributed by atoms with Gasteiger partial charge in [-0.2, -0.15) is 4.72 Å². The fourth-order valence-electron chi connectivity index (χ4n) is 6.49. The van der Waals surface area contributed by atoms with E-state index in [0.717, 1.165) is 38.2 Å². The van der Waals surface area contributed by atoms with Gasteiger partial charge in [-0.15, -0.1) is 0 Å². The first-order valence-corrected chi connectivity index (χ1v) is 12.6. The average Bonchev–Trinajstić information content (AvgIpc) is 2.65. The number of hydrogen-bond acceptors (Lipinski definition) is 6. The van der Waals surface area contributed by atoms with E-state index in [4.69, 9.17) is 5.73 Å². The highest BCUT2D eigenvalue weighted by molar-refractivity contribution is 7.89. The molecular weight excluding hydrogens is 448 g/mol. The van der Waals surface area contributed by atoms with E-state index in [1.165, 1.54) is 32.9 Å². The van der Waals surface area contributed by atoms with Crippen LogP contribution in [0.2, 0.25) is 0 Å². The minimum Gasteiger partial charge on any atom is -0.369 e. The van der Waals surface area contributed by atoms with Crippen LogP contribution in [0.3, 0.4) is 0 Å². The molecule has 0 saturated heterocycles. The van der Waals surface area contributed by atoms with Crippen LogP contribution in [0.1, 0.15) is 57.9 Å². The van der Waals surface area contributed by atoms with E-state index in [9.17, 15) is 28.1 Å². The van der Waals surface area contributed by atoms with Crippen LogP contribution < -0.4 is 15.8 Å². The number of hydrogen-bond donors (Lipinski definition) is 3. The van der Waals surface area contributed by atoms with Crippen molar-refractivity contribution < 1.29 is 22.9 Å². The van der Waals surface area contributed by atoms with Gasteiger partial charge in [0.05, 0.1) is 15.2 Å². The van der Waals surface area contributed by atoms with Crippen molar-refractivity contribution in [1.82, 2.24) is 10.0 Å². The lowest BCUT2D eigenvalue weighted by Gasteiger charge is -2.61. The lowest BCUT2D eigenvalue weighted by Crippen LogP contribution is -2.68. The van der Waals surface area contributed by atoms with Crippen molar-refractivity contribution in [2.75, 3.05) is 0 Å². The Morgan fingerprint density at radius 3 is 2.33 bits per heavy atom. The van der Waals surface area contributed by atoms with Gasteiger partial charge < -0.3 is 11.1 Å². The van der Waals surface area contributed by atoms with Gasteiger partial charge in [-0.1, -0.05) is 6.07 Å². The largest absolute Gasteiger partial charge is 0.369 e. The summed E-state index contributed by atoms with van der Waals surface area (Å²) >= 11 is 0. The molecule has 4 aliphatic carbocycles. The highest BCUT2D eigenvalue weighted by atomic mass is 32.2. The van der Waals surface area contributed by atoms with E-state index in [1.54, 1.807) is 0 Å². The number of nitrogens with zero attached hydrogens (tertiary/aromatic N) is 1. The standard InChI is InChI=1S/C22H30N4O6S/c1-13-4-5-16(7-17(13)26(29)30)33(31,32)25-20(2,3)19(28)24-22-10-14-6-15(11-22)9-21(8-14,12-22)18(23)27/h4-5,7,14-15,25H,6,8-12H2,1-3H3,(H2,23,27)(H,24,28). The van der Waals surface area contributed by atoms with E-state index >= 15 is 0 Å². The molecule has 1 aromatic rings. The van der Waals surface area contributed by atoms with Gasteiger partial charge in [0, 0.05) is 17.2 Å². The number of primary amides is 1. The van der Waals surface area contributed by atoms with Gasteiger partial charge in [-0.3, -0.25) is 19.7 Å². The third-order valence-corrected chi connectivity index (χ3v) is 9.26. The minimum absolute atomic E-state index is 0.289. The summed E-state index contributed by atoms with van der Waals surface area (Å²) < 4.78 is 28.3. The Labute approximate surface area is 192 Å². The molecule has 4 saturated carbocycles. The predicted octanol–water partition coefficient (Wildman–Crippen LogP) is 1.90. The van der Waals surface area contributed by atoms with Crippen molar-refractivity contribution in [3.63, 3.8) is 0 Å². The van der Waals surface area contributed by atoms with Gasteiger partial charge in [0.15, 0.2) is 0 Å². The molecule has 4 bridgehead atoms. The van der Waals surface area contributed by atoms with Gasteiger partial charge in [0.1, 0.15) is 5.54 Å². The molecule has 2 atom stereocenters. The number of rotatable bonds is 7. The summed E-state index contributed by atoms with van der Waals surface area (Å²) in [5, 5.41) is 14.3. The monoisotopic (exact) mass is 478 g/mol. The van der Waals surface area contributed by atoms with Crippen LogP contribution in [-0.4, -0.2) is 36.2 Å². The fraction of sp³-hybridized carbons (Fsp3) is 0.636. The minimum atomic E-state index is -4.22.